The molecule has 1 atom stereocenters. The minimum absolute atomic E-state index is 0.246. The molecule has 0 radical (unpaired) electrons. The summed E-state index contributed by atoms with van der Waals surface area (Å²) in [5.74, 6) is 0.535. The summed E-state index contributed by atoms with van der Waals surface area (Å²) in [5.41, 5.74) is 5.71. The topological polar surface area (TPSA) is 50.4 Å². The zero-order chi connectivity index (χ0) is 10.4. The van der Waals surface area contributed by atoms with Gasteiger partial charge in [-0.05, 0) is 24.8 Å². The summed E-state index contributed by atoms with van der Waals surface area (Å²) < 4.78 is 0. The summed E-state index contributed by atoms with van der Waals surface area (Å²) >= 11 is 1.72. The predicted molar refractivity (Wildman–Crippen MR) is 62.7 cm³/mol. The van der Waals surface area contributed by atoms with E-state index in [2.05, 4.69) is 35.6 Å². The van der Waals surface area contributed by atoms with Gasteiger partial charge in [-0.2, -0.15) is 0 Å². The molecule has 0 saturated heterocycles. The summed E-state index contributed by atoms with van der Waals surface area (Å²) in [6.07, 6.45) is 1.02. The van der Waals surface area contributed by atoms with E-state index in [4.69, 9.17) is 5.73 Å². The van der Waals surface area contributed by atoms with Crippen molar-refractivity contribution >= 4 is 17.3 Å². The zero-order valence-corrected chi connectivity index (χ0v) is 9.47. The molecule has 4 heteroatoms. The molecule has 1 heterocycles. The summed E-state index contributed by atoms with van der Waals surface area (Å²) in [4.78, 5) is 5.46. The lowest BCUT2D eigenvalue weighted by Gasteiger charge is -2.12. The Labute approximate surface area is 89.0 Å². The van der Waals surface area contributed by atoms with Gasteiger partial charge in [0.25, 0.3) is 0 Å². The van der Waals surface area contributed by atoms with Gasteiger partial charge in [0.15, 0.2) is 5.96 Å². The number of rotatable bonds is 4. The fraction of sp³-hybridized carbons (Fsp3) is 0.500. The van der Waals surface area contributed by atoms with Gasteiger partial charge >= 0.3 is 0 Å². The van der Waals surface area contributed by atoms with E-state index in [1.165, 1.54) is 4.88 Å². The number of nitrogens with zero attached hydrogens (tertiary/aromatic N) is 1. The van der Waals surface area contributed by atoms with Crippen LogP contribution in [0.1, 0.15) is 31.2 Å². The molecular formula is C10H17N3S. The van der Waals surface area contributed by atoms with Crippen molar-refractivity contribution in [1.29, 1.82) is 0 Å². The standard InChI is InChI=1S/C10H17N3S/c1-3-6-12-10(11)13-8(2)9-5-4-7-14-9/h4-5,7-8H,3,6H2,1-2H3,(H3,11,12,13). The predicted octanol–water partition coefficient (Wildman–Crippen LogP) is 2.12. The van der Waals surface area contributed by atoms with E-state index in [9.17, 15) is 0 Å². The normalized spacial score (nSPS) is 14.0. The third kappa shape index (κ3) is 3.38. The maximum Gasteiger partial charge on any atom is 0.189 e. The second-order valence-electron chi connectivity index (χ2n) is 3.15. The van der Waals surface area contributed by atoms with Crippen LogP contribution in [0.25, 0.3) is 0 Å². The Hall–Kier alpha value is -1.03. The van der Waals surface area contributed by atoms with Crippen LogP contribution in [0.3, 0.4) is 0 Å². The van der Waals surface area contributed by atoms with Gasteiger partial charge in [-0.1, -0.05) is 13.0 Å². The number of nitrogens with two attached hydrogens (primary N) is 1. The second-order valence-corrected chi connectivity index (χ2v) is 4.13. The third-order valence-electron chi connectivity index (χ3n) is 1.84. The minimum atomic E-state index is 0.246. The Balaban J connectivity index is 2.44. The molecule has 0 aliphatic carbocycles. The van der Waals surface area contributed by atoms with Crippen molar-refractivity contribution in [3.05, 3.63) is 22.4 Å². The zero-order valence-electron chi connectivity index (χ0n) is 8.66. The molecule has 14 heavy (non-hydrogen) atoms. The Morgan fingerprint density at radius 3 is 3.07 bits per heavy atom. The molecule has 0 bridgehead atoms. The van der Waals surface area contributed by atoms with Crippen LogP contribution < -0.4 is 11.1 Å². The summed E-state index contributed by atoms with van der Waals surface area (Å²) in [5, 5.41) is 5.22. The van der Waals surface area contributed by atoms with Crippen molar-refractivity contribution in [2.75, 3.05) is 6.54 Å². The fourth-order valence-corrected chi connectivity index (χ4v) is 1.84. The van der Waals surface area contributed by atoms with E-state index in [1.807, 2.05) is 6.07 Å². The van der Waals surface area contributed by atoms with Crippen LogP contribution in [0.4, 0.5) is 0 Å². The average molecular weight is 211 g/mol. The lowest BCUT2D eigenvalue weighted by Crippen LogP contribution is -2.33. The Morgan fingerprint density at radius 2 is 2.50 bits per heavy atom. The second kappa shape index (κ2) is 5.65. The smallest absolute Gasteiger partial charge is 0.189 e. The lowest BCUT2D eigenvalue weighted by molar-refractivity contribution is 0.720. The molecule has 78 valence electrons. The molecule has 3 N–H and O–H groups in total. The van der Waals surface area contributed by atoms with Gasteiger partial charge in [-0.15, -0.1) is 11.3 Å². The Kier molecular flexibility index (Phi) is 4.46. The molecule has 1 aromatic heterocycles. The van der Waals surface area contributed by atoms with Gasteiger partial charge in [0.2, 0.25) is 0 Å². The van der Waals surface area contributed by atoms with E-state index in [0.29, 0.717) is 5.96 Å². The highest BCUT2D eigenvalue weighted by Crippen LogP contribution is 2.17. The van der Waals surface area contributed by atoms with Crippen molar-refractivity contribution in [3.63, 3.8) is 0 Å². The molecule has 0 fully saturated rings. The largest absolute Gasteiger partial charge is 0.370 e. The Morgan fingerprint density at radius 1 is 1.71 bits per heavy atom. The van der Waals surface area contributed by atoms with Crippen LogP contribution in [0.2, 0.25) is 0 Å². The molecule has 0 aromatic carbocycles. The maximum atomic E-state index is 5.71. The van der Waals surface area contributed by atoms with E-state index < -0.39 is 0 Å². The SMILES string of the molecule is CCCN=C(N)NC(C)c1cccs1. The summed E-state index contributed by atoms with van der Waals surface area (Å²) in [6.45, 7) is 4.95. The van der Waals surface area contributed by atoms with Crippen LogP contribution >= 0.6 is 11.3 Å². The highest BCUT2D eigenvalue weighted by atomic mass is 32.1. The molecule has 0 saturated carbocycles. The molecule has 1 aromatic rings. The van der Waals surface area contributed by atoms with Crippen molar-refractivity contribution in [3.8, 4) is 0 Å². The van der Waals surface area contributed by atoms with Crippen LogP contribution in [0.5, 0.6) is 0 Å². The lowest BCUT2D eigenvalue weighted by atomic mass is 10.3. The first-order chi connectivity index (χ1) is 6.74. The van der Waals surface area contributed by atoms with E-state index >= 15 is 0 Å². The van der Waals surface area contributed by atoms with Gasteiger partial charge in [-0.25, -0.2) is 0 Å². The van der Waals surface area contributed by atoms with E-state index in [-0.39, 0.29) is 6.04 Å². The maximum absolute atomic E-state index is 5.71. The van der Waals surface area contributed by atoms with E-state index in [0.717, 1.165) is 13.0 Å². The van der Waals surface area contributed by atoms with Gasteiger partial charge in [0.05, 0.1) is 6.04 Å². The number of hydrogen-bond acceptors (Lipinski definition) is 2. The minimum Gasteiger partial charge on any atom is -0.370 e. The monoisotopic (exact) mass is 211 g/mol. The van der Waals surface area contributed by atoms with Crippen LogP contribution in [0, 0.1) is 0 Å². The fourth-order valence-electron chi connectivity index (χ4n) is 1.11. The van der Waals surface area contributed by atoms with Crippen molar-refractivity contribution < 1.29 is 0 Å². The molecule has 0 spiro atoms. The first-order valence-electron chi connectivity index (χ1n) is 4.84. The molecule has 0 aliphatic heterocycles. The first kappa shape index (κ1) is 11.0. The van der Waals surface area contributed by atoms with Crippen molar-refractivity contribution in [1.82, 2.24) is 5.32 Å². The number of guanidine groups is 1. The van der Waals surface area contributed by atoms with Crippen LogP contribution in [-0.4, -0.2) is 12.5 Å². The molecule has 0 aliphatic rings. The number of aliphatic imine (C=N–C) groups is 1. The summed E-state index contributed by atoms with van der Waals surface area (Å²) in [7, 11) is 0. The molecule has 0 amide bonds. The highest BCUT2D eigenvalue weighted by molar-refractivity contribution is 7.10. The van der Waals surface area contributed by atoms with Crippen LogP contribution in [-0.2, 0) is 0 Å². The Bertz CT molecular complexity index is 280. The van der Waals surface area contributed by atoms with Gasteiger partial charge in [0.1, 0.15) is 0 Å². The number of hydrogen-bond donors (Lipinski definition) is 2. The van der Waals surface area contributed by atoms with E-state index in [1.54, 1.807) is 11.3 Å². The number of nitrogens with one attached hydrogen (secondary N) is 1. The quantitative estimate of drug-likeness (QED) is 0.592. The average Bonchev–Trinajstić information content (AvgIpc) is 2.67. The molecule has 1 rings (SSSR count). The molecular weight excluding hydrogens is 194 g/mol. The van der Waals surface area contributed by atoms with Crippen molar-refractivity contribution in [2.24, 2.45) is 10.7 Å². The number of thiophene rings is 1. The van der Waals surface area contributed by atoms with Crippen LogP contribution in [0.15, 0.2) is 22.5 Å². The molecule has 3 nitrogen and oxygen atoms in total. The summed E-state index contributed by atoms with van der Waals surface area (Å²) in [6, 6.07) is 4.38. The van der Waals surface area contributed by atoms with Gasteiger partial charge in [0, 0.05) is 11.4 Å². The highest BCUT2D eigenvalue weighted by Gasteiger charge is 2.05. The molecule has 1 unspecified atom stereocenters. The first-order valence-corrected chi connectivity index (χ1v) is 5.72. The van der Waals surface area contributed by atoms with Crippen molar-refractivity contribution in [2.45, 2.75) is 26.3 Å². The van der Waals surface area contributed by atoms with Gasteiger partial charge < -0.3 is 11.1 Å². The van der Waals surface area contributed by atoms with Gasteiger partial charge in [-0.3, -0.25) is 4.99 Å². The third-order valence-corrected chi connectivity index (χ3v) is 2.90.